The molecule has 0 aliphatic carbocycles. The van der Waals surface area contributed by atoms with Crippen molar-refractivity contribution in [2.24, 2.45) is 0 Å². The zero-order chi connectivity index (χ0) is 49.7. The van der Waals surface area contributed by atoms with Gasteiger partial charge in [-0.1, -0.05) is 42.5 Å². The molecule has 0 amide bonds. The van der Waals surface area contributed by atoms with Gasteiger partial charge >= 0.3 is 6.36 Å². The van der Waals surface area contributed by atoms with E-state index in [9.17, 15) is 31.9 Å². The van der Waals surface area contributed by atoms with Crippen molar-refractivity contribution >= 4 is 65.4 Å². The second-order valence-electron chi connectivity index (χ2n) is 16.7. The van der Waals surface area contributed by atoms with Crippen molar-refractivity contribution < 1.29 is 27.0 Å². The first kappa shape index (κ1) is 45.5. The first-order valence-corrected chi connectivity index (χ1v) is 21.9. The lowest BCUT2D eigenvalue weighted by Crippen LogP contribution is -2.17. The minimum Gasteiger partial charge on any atom is -0.497 e. The SMILES string of the molecule is COc1cccc(-n2[nH]c3c(cnc4cc(C)ccc43)c2=O)c1.Cc1ccc2c(c1)ncc1c(=O)n(-c3ccc(F)cc3)[nH]c12.Cc1ccc2c(c1)ncc1c(=O)n(-c3ccc(OC(F)(F)F)cc3)[nH]c12. The van der Waals surface area contributed by atoms with Crippen LogP contribution in [0.5, 0.6) is 11.5 Å². The lowest BCUT2D eigenvalue weighted by molar-refractivity contribution is -0.274. The average molecular weight is 958 g/mol. The summed E-state index contributed by atoms with van der Waals surface area (Å²) in [6.07, 6.45) is -0.0572. The highest BCUT2D eigenvalue weighted by Gasteiger charge is 2.31. The Hall–Kier alpha value is -9.32. The van der Waals surface area contributed by atoms with Crippen molar-refractivity contribution in [2.45, 2.75) is 27.1 Å². The van der Waals surface area contributed by atoms with Crippen LogP contribution in [0.1, 0.15) is 16.7 Å². The predicted molar refractivity (Wildman–Crippen MR) is 265 cm³/mol. The number of nitrogens with one attached hydrogen (secondary N) is 3. The molecule has 0 spiro atoms. The molecule has 0 fully saturated rings. The monoisotopic (exact) mass is 957 g/mol. The molecule has 354 valence electrons. The molecule has 0 radical (unpaired) electrons. The molecule has 3 N–H and O–H groups in total. The number of rotatable bonds is 5. The van der Waals surface area contributed by atoms with Gasteiger partial charge in [0.05, 0.1) is 73.4 Å². The molecule has 0 saturated heterocycles. The number of benzene rings is 6. The number of halogens is 4. The number of aromatic amines is 3. The summed E-state index contributed by atoms with van der Waals surface area (Å²) in [5, 5.41) is 13.4. The Morgan fingerprint density at radius 2 is 0.859 bits per heavy atom. The van der Waals surface area contributed by atoms with Crippen LogP contribution in [0.3, 0.4) is 0 Å². The fourth-order valence-corrected chi connectivity index (χ4v) is 8.29. The number of aryl methyl sites for hydroxylation is 3. The number of ether oxygens (including phenoxy) is 2. The number of nitrogens with zero attached hydrogens (tertiary/aromatic N) is 6. The highest BCUT2D eigenvalue weighted by molar-refractivity contribution is 6.04. The maximum Gasteiger partial charge on any atom is 0.573 e. The lowest BCUT2D eigenvalue weighted by Gasteiger charge is -2.09. The molecule has 12 rings (SSSR count). The van der Waals surface area contributed by atoms with Crippen molar-refractivity contribution in [3.05, 3.63) is 200 Å². The first-order chi connectivity index (χ1) is 34.1. The van der Waals surface area contributed by atoms with Gasteiger partial charge in [-0.2, -0.15) is 0 Å². The summed E-state index contributed by atoms with van der Waals surface area (Å²) in [6.45, 7) is 5.97. The van der Waals surface area contributed by atoms with E-state index < -0.39 is 6.36 Å². The van der Waals surface area contributed by atoms with Gasteiger partial charge in [-0.15, -0.1) is 13.2 Å². The van der Waals surface area contributed by atoms with Gasteiger partial charge in [0, 0.05) is 40.8 Å². The molecule has 0 aliphatic rings. The number of H-pyrrole nitrogens is 3. The maximum absolute atomic E-state index is 13.0. The highest BCUT2D eigenvalue weighted by Crippen LogP contribution is 2.27. The van der Waals surface area contributed by atoms with Gasteiger partial charge in [0.2, 0.25) is 0 Å². The summed E-state index contributed by atoms with van der Waals surface area (Å²) < 4.78 is 63.1. The maximum atomic E-state index is 13.0. The summed E-state index contributed by atoms with van der Waals surface area (Å²) >= 11 is 0. The second-order valence-corrected chi connectivity index (χ2v) is 16.7. The van der Waals surface area contributed by atoms with Crippen molar-refractivity contribution in [1.29, 1.82) is 0 Å². The predicted octanol–water partition coefficient (Wildman–Crippen LogP) is 10.6. The highest BCUT2D eigenvalue weighted by atomic mass is 19.4. The van der Waals surface area contributed by atoms with Gasteiger partial charge in [-0.3, -0.25) is 44.6 Å². The number of alkyl halides is 3. The molecular weight excluding hydrogens is 919 g/mol. The molecule has 14 nitrogen and oxygen atoms in total. The molecule has 12 aromatic rings. The standard InChI is InChI=1S/C18H12F3N3O2.C18H15N3O2.C17H12FN3O/c1-10-2-7-13-15(8-10)22-9-14-16(13)23-24(17(14)25)11-3-5-12(6-4-11)26-18(19,20)21;1-11-6-7-14-16(8-11)19-10-15-17(14)20-21(18(15)22)12-4-3-5-13(9-12)23-2;1-10-2-7-13-15(8-10)19-9-14-16(13)20-21(17(14)22)12-5-3-11(18)4-6-12/h2-9,23H,1H3;3-10,20H,1-2H3;2-9,20H,1H3. The Labute approximate surface area is 397 Å². The Kier molecular flexibility index (Phi) is 11.5. The van der Waals surface area contributed by atoms with E-state index in [1.54, 1.807) is 31.6 Å². The van der Waals surface area contributed by atoms with Crippen LogP contribution in [0.4, 0.5) is 17.6 Å². The van der Waals surface area contributed by atoms with Gasteiger partial charge in [-0.25, -0.2) is 18.4 Å². The minimum atomic E-state index is -4.76. The third-order valence-electron chi connectivity index (χ3n) is 11.8. The van der Waals surface area contributed by atoms with Crippen LogP contribution in [-0.2, 0) is 0 Å². The number of fused-ring (bicyclic) bond motifs is 9. The molecule has 0 atom stereocenters. The first-order valence-electron chi connectivity index (χ1n) is 21.9. The Morgan fingerprint density at radius 1 is 0.465 bits per heavy atom. The Bertz CT molecular complexity index is 4190. The van der Waals surface area contributed by atoms with Gasteiger partial charge in [0.25, 0.3) is 16.7 Å². The molecule has 6 aromatic heterocycles. The van der Waals surface area contributed by atoms with E-state index in [-0.39, 0.29) is 28.2 Å². The summed E-state index contributed by atoms with van der Waals surface area (Å²) in [5.41, 5.74) is 8.95. The Morgan fingerprint density at radius 3 is 1.25 bits per heavy atom. The van der Waals surface area contributed by atoms with Gasteiger partial charge in [0.15, 0.2) is 0 Å². The molecule has 6 heterocycles. The van der Waals surface area contributed by atoms with E-state index in [1.807, 2.05) is 99.6 Å². The van der Waals surface area contributed by atoms with Crippen LogP contribution in [0, 0.1) is 26.6 Å². The lowest BCUT2D eigenvalue weighted by atomic mass is 10.1. The van der Waals surface area contributed by atoms with Crippen LogP contribution in [-0.4, -0.2) is 57.8 Å². The normalized spacial score (nSPS) is 11.5. The minimum absolute atomic E-state index is 0.122. The third-order valence-corrected chi connectivity index (χ3v) is 11.8. The zero-order valence-corrected chi connectivity index (χ0v) is 38.1. The average Bonchev–Trinajstić information content (AvgIpc) is 4.01. The fraction of sp³-hybridized carbons (Fsp3) is 0.0943. The second kappa shape index (κ2) is 18.0. The summed E-state index contributed by atoms with van der Waals surface area (Å²) in [4.78, 5) is 50.9. The van der Waals surface area contributed by atoms with Crippen molar-refractivity contribution in [3.8, 4) is 28.6 Å². The van der Waals surface area contributed by atoms with Crippen LogP contribution >= 0.6 is 0 Å². The van der Waals surface area contributed by atoms with Crippen LogP contribution < -0.4 is 26.2 Å². The number of pyridine rings is 3. The molecule has 18 heteroatoms. The van der Waals surface area contributed by atoms with Crippen LogP contribution in [0.25, 0.3) is 82.5 Å². The number of hydrogen-bond acceptors (Lipinski definition) is 8. The fourth-order valence-electron chi connectivity index (χ4n) is 8.29. The van der Waals surface area contributed by atoms with Gasteiger partial charge < -0.3 is 9.47 Å². The van der Waals surface area contributed by atoms with Gasteiger partial charge in [-0.05, 0) is 116 Å². The van der Waals surface area contributed by atoms with Crippen molar-refractivity contribution in [2.75, 3.05) is 7.11 Å². The third kappa shape index (κ3) is 8.85. The van der Waals surface area contributed by atoms with E-state index in [0.29, 0.717) is 38.8 Å². The van der Waals surface area contributed by atoms with E-state index in [2.05, 4.69) is 35.0 Å². The van der Waals surface area contributed by atoms with E-state index >= 15 is 0 Å². The molecule has 0 bridgehead atoms. The zero-order valence-electron chi connectivity index (χ0n) is 38.1. The van der Waals surface area contributed by atoms with Crippen LogP contribution in [0.15, 0.2) is 160 Å². The molecule has 0 unspecified atom stereocenters. The Balaban J connectivity index is 0.000000123. The number of aromatic nitrogens is 9. The summed E-state index contributed by atoms with van der Waals surface area (Å²) in [5.74, 6) is 0.00941. The molecule has 0 aliphatic heterocycles. The molecular formula is C53H39F4N9O5. The molecule has 71 heavy (non-hydrogen) atoms. The van der Waals surface area contributed by atoms with Gasteiger partial charge in [0.1, 0.15) is 17.3 Å². The quantitative estimate of drug-likeness (QED) is 0.143. The van der Waals surface area contributed by atoms with Crippen LogP contribution in [0.2, 0.25) is 0 Å². The topological polar surface area (TPSA) is 170 Å². The molecule has 0 saturated carbocycles. The smallest absolute Gasteiger partial charge is 0.497 e. The van der Waals surface area contributed by atoms with E-state index in [1.165, 1.54) is 44.5 Å². The van der Waals surface area contributed by atoms with E-state index in [4.69, 9.17) is 4.74 Å². The number of hydrogen-bond donors (Lipinski definition) is 3. The largest absolute Gasteiger partial charge is 0.573 e. The molecule has 6 aromatic carbocycles. The summed E-state index contributed by atoms with van der Waals surface area (Å²) in [7, 11) is 1.60. The van der Waals surface area contributed by atoms with Crippen molar-refractivity contribution in [3.63, 3.8) is 0 Å². The number of methoxy groups -OCH3 is 1. The van der Waals surface area contributed by atoms with E-state index in [0.717, 1.165) is 78.3 Å². The summed E-state index contributed by atoms with van der Waals surface area (Å²) in [6, 6.07) is 35.8. The van der Waals surface area contributed by atoms with Crippen molar-refractivity contribution in [1.82, 2.24) is 44.3 Å².